The summed E-state index contributed by atoms with van der Waals surface area (Å²) >= 11 is 0. The van der Waals surface area contributed by atoms with E-state index in [9.17, 15) is 13.2 Å². The third-order valence-electron chi connectivity index (χ3n) is 3.34. The Balaban J connectivity index is 2.23. The Morgan fingerprint density at radius 3 is 2.56 bits per heavy atom. The van der Waals surface area contributed by atoms with Crippen molar-refractivity contribution in [2.75, 3.05) is 13.1 Å². The van der Waals surface area contributed by atoms with Crippen LogP contribution in [0.4, 0.5) is 0 Å². The molecule has 1 saturated heterocycles. The van der Waals surface area contributed by atoms with Gasteiger partial charge < -0.3 is 0 Å². The Bertz CT molecular complexity index is 524. The first-order valence-corrected chi connectivity index (χ1v) is 7.51. The average Bonchev–Trinajstić information content (AvgIpc) is 2.40. The Hall–Kier alpha value is -1.20. The van der Waals surface area contributed by atoms with E-state index in [0.717, 1.165) is 12.8 Å². The maximum atomic E-state index is 12.4. The molecule has 18 heavy (non-hydrogen) atoms. The average molecular weight is 267 g/mol. The molecular formula is C13H17NO3S. The third-order valence-corrected chi connectivity index (χ3v) is 5.22. The van der Waals surface area contributed by atoms with Gasteiger partial charge >= 0.3 is 0 Å². The summed E-state index contributed by atoms with van der Waals surface area (Å²) in [5.41, 5.74) is 0. The molecule has 0 spiro atoms. The van der Waals surface area contributed by atoms with E-state index in [-0.39, 0.29) is 11.7 Å². The first kappa shape index (κ1) is 13.2. The Kier molecular flexibility index (Phi) is 3.82. The lowest BCUT2D eigenvalue weighted by molar-refractivity contribution is -0.121. The van der Waals surface area contributed by atoms with E-state index in [2.05, 4.69) is 0 Å². The second kappa shape index (κ2) is 5.20. The molecule has 0 N–H and O–H groups in total. The van der Waals surface area contributed by atoms with Gasteiger partial charge in [0.15, 0.2) is 0 Å². The molecule has 0 saturated carbocycles. The number of benzene rings is 1. The molecule has 1 atom stereocenters. The number of carbonyl (C=O) groups excluding carboxylic acids is 1. The number of hydrogen-bond donors (Lipinski definition) is 0. The lowest BCUT2D eigenvalue weighted by Crippen LogP contribution is -2.41. The van der Waals surface area contributed by atoms with Gasteiger partial charge in [-0.3, -0.25) is 4.79 Å². The van der Waals surface area contributed by atoms with Crippen LogP contribution >= 0.6 is 0 Å². The zero-order valence-electron chi connectivity index (χ0n) is 10.4. The van der Waals surface area contributed by atoms with Gasteiger partial charge in [-0.2, -0.15) is 4.31 Å². The number of rotatable bonds is 3. The first-order chi connectivity index (χ1) is 8.51. The zero-order valence-corrected chi connectivity index (χ0v) is 11.2. The fraction of sp³-hybridized carbons (Fsp3) is 0.462. The van der Waals surface area contributed by atoms with E-state index in [1.165, 1.54) is 11.2 Å². The standard InChI is InChI=1S/C13H17NO3S/c1-11(15)12-6-5-9-14(10-12)18(16,17)13-7-3-2-4-8-13/h2-4,7-8,12H,5-6,9-10H2,1H3/t12-/m0/s1. The van der Waals surface area contributed by atoms with Crippen LogP contribution < -0.4 is 0 Å². The van der Waals surface area contributed by atoms with E-state index < -0.39 is 10.0 Å². The van der Waals surface area contributed by atoms with Crippen molar-refractivity contribution in [3.8, 4) is 0 Å². The van der Waals surface area contributed by atoms with Crippen molar-refractivity contribution in [2.45, 2.75) is 24.7 Å². The van der Waals surface area contributed by atoms with Gasteiger partial charge in [0.2, 0.25) is 10.0 Å². The number of Topliss-reactive ketones (excluding diaryl/α,β-unsaturated/α-hetero) is 1. The molecule has 0 radical (unpaired) electrons. The van der Waals surface area contributed by atoms with Crippen molar-refractivity contribution in [1.82, 2.24) is 4.31 Å². The summed E-state index contributed by atoms with van der Waals surface area (Å²) in [6, 6.07) is 8.38. The molecule has 1 aliphatic heterocycles. The van der Waals surface area contributed by atoms with Gasteiger partial charge in [0, 0.05) is 19.0 Å². The lowest BCUT2D eigenvalue weighted by atomic mass is 9.96. The van der Waals surface area contributed by atoms with E-state index in [1.807, 2.05) is 0 Å². The van der Waals surface area contributed by atoms with Crippen LogP contribution in [0, 0.1) is 5.92 Å². The predicted octanol–water partition coefficient (Wildman–Crippen LogP) is 1.68. The molecule has 1 aromatic carbocycles. The molecule has 1 fully saturated rings. The molecule has 5 heteroatoms. The number of piperidine rings is 1. The van der Waals surface area contributed by atoms with Crippen molar-refractivity contribution >= 4 is 15.8 Å². The van der Waals surface area contributed by atoms with E-state index in [4.69, 9.17) is 0 Å². The monoisotopic (exact) mass is 267 g/mol. The highest BCUT2D eigenvalue weighted by Crippen LogP contribution is 2.23. The molecular weight excluding hydrogens is 250 g/mol. The second-order valence-electron chi connectivity index (χ2n) is 4.63. The van der Waals surface area contributed by atoms with Crippen LogP contribution in [0.5, 0.6) is 0 Å². The summed E-state index contributed by atoms with van der Waals surface area (Å²) in [6.07, 6.45) is 1.53. The summed E-state index contributed by atoms with van der Waals surface area (Å²) in [5, 5.41) is 0. The predicted molar refractivity (Wildman–Crippen MR) is 68.6 cm³/mol. The van der Waals surface area contributed by atoms with Gasteiger partial charge in [-0.25, -0.2) is 8.42 Å². The van der Waals surface area contributed by atoms with E-state index >= 15 is 0 Å². The van der Waals surface area contributed by atoms with Crippen molar-refractivity contribution in [3.63, 3.8) is 0 Å². The molecule has 0 amide bonds. The van der Waals surface area contributed by atoms with Crippen molar-refractivity contribution < 1.29 is 13.2 Å². The summed E-state index contributed by atoms with van der Waals surface area (Å²) in [4.78, 5) is 11.7. The minimum absolute atomic E-state index is 0.0722. The van der Waals surface area contributed by atoms with Crippen molar-refractivity contribution in [2.24, 2.45) is 5.92 Å². The van der Waals surface area contributed by atoms with Gasteiger partial charge in [0.1, 0.15) is 5.78 Å². The summed E-state index contributed by atoms with van der Waals surface area (Å²) < 4.78 is 26.2. The lowest BCUT2D eigenvalue weighted by Gasteiger charge is -2.30. The van der Waals surface area contributed by atoms with Crippen molar-refractivity contribution in [3.05, 3.63) is 30.3 Å². The molecule has 0 bridgehead atoms. The second-order valence-corrected chi connectivity index (χ2v) is 6.56. The highest BCUT2D eigenvalue weighted by molar-refractivity contribution is 7.89. The maximum absolute atomic E-state index is 12.4. The van der Waals surface area contributed by atoms with Gasteiger partial charge in [0.25, 0.3) is 0 Å². The van der Waals surface area contributed by atoms with Crippen LogP contribution in [0.3, 0.4) is 0 Å². The van der Waals surface area contributed by atoms with Gasteiger partial charge in [-0.1, -0.05) is 18.2 Å². The molecule has 98 valence electrons. The quantitative estimate of drug-likeness (QED) is 0.837. The van der Waals surface area contributed by atoms with Crippen LogP contribution in [0.25, 0.3) is 0 Å². The maximum Gasteiger partial charge on any atom is 0.243 e. The Morgan fingerprint density at radius 2 is 1.94 bits per heavy atom. The zero-order chi connectivity index (χ0) is 13.2. The fourth-order valence-electron chi connectivity index (χ4n) is 2.23. The van der Waals surface area contributed by atoms with Crippen LogP contribution in [-0.2, 0) is 14.8 Å². The Morgan fingerprint density at radius 1 is 1.28 bits per heavy atom. The highest BCUT2D eigenvalue weighted by Gasteiger charge is 2.31. The van der Waals surface area contributed by atoms with Crippen molar-refractivity contribution in [1.29, 1.82) is 0 Å². The largest absolute Gasteiger partial charge is 0.300 e. The van der Waals surface area contributed by atoms with Crippen LogP contribution in [0.15, 0.2) is 35.2 Å². The minimum Gasteiger partial charge on any atom is -0.300 e. The first-order valence-electron chi connectivity index (χ1n) is 6.07. The summed E-state index contributed by atoms with van der Waals surface area (Å²) in [7, 11) is -3.45. The highest BCUT2D eigenvalue weighted by atomic mass is 32.2. The van der Waals surface area contributed by atoms with Gasteiger partial charge in [-0.05, 0) is 31.9 Å². The number of hydrogen-bond acceptors (Lipinski definition) is 3. The summed E-state index contributed by atoms with van der Waals surface area (Å²) in [6.45, 7) is 2.34. The smallest absolute Gasteiger partial charge is 0.243 e. The molecule has 0 aromatic heterocycles. The fourth-order valence-corrected chi connectivity index (χ4v) is 3.78. The van der Waals surface area contributed by atoms with Gasteiger partial charge in [-0.15, -0.1) is 0 Å². The molecule has 1 aromatic rings. The normalized spacial score (nSPS) is 21.7. The topological polar surface area (TPSA) is 54.5 Å². The number of nitrogens with zero attached hydrogens (tertiary/aromatic N) is 1. The molecule has 2 rings (SSSR count). The molecule has 1 heterocycles. The van der Waals surface area contributed by atoms with E-state index in [0.29, 0.717) is 18.0 Å². The Labute approximate surface area is 108 Å². The van der Waals surface area contributed by atoms with Crippen LogP contribution in [-0.4, -0.2) is 31.6 Å². The third kappa shape index (κ3) is 2.62. The number of carbonyl (C=O) groups is 1. The van der Waals surface area contributed by atoms with E-state index in [1.54, 1.807) is 30.3 Å². The minimum atomic E-state index is -3.45. The SMILES string of the molecule is CC(=O)[C@H]1CCCN(S(=O)(=O)c2ccccc2)C1. The number of sulfonamides is 1. The number of ketones is 1. The molecule has 0 unspecified atom stereocenters. The van der Waals surface area contributed by atoms with Crippen LogP contribution in [0.2, 0.25) is 0 Å². The molecule has 4 nitrogen and oxygen atoms in total. The van der Waals surface area contributed by atoms with Crippen LogP contribution in [0.1, 0.15) is 19.8 Å². The van der Waals surface area contributed by atoms with Gasteiger partial charge in [0.05, 0.1) is 4.90 Å². The summed E-state index contributed by atoms with van der Waals surface area (Å²) in [5.74, 6) is -0.0831. The molecule has 0 aliphatic carbocycles. The molecule has 1 aliphatic rings.